The average Bonchev–Trinajstić information content (AvgIpc) is 2.90. The van der Waals surface area contributed by atoms with Crippen LogP contribution >= 0.6 is 7.92 Å². The number of non-ortho nitro benzene ring substituents is 1. The maximum absolute atomic E-state index is 13.3. The third kappa shape index (κ3) is 5.77. The van der Waals surface area contributed by atoms with E-state index >= 15 is 0 Å². The fourth-order valence-electron chi connectivity index (χ4n) is 3.58. The highest BCUT2D eigenvalue weighted by Crippen LogP contribution is 2.33. The van der Waals surface area contributed by atoms with Gasteiger partial charge < -0.3 is 4.84 Å². The number of nitro groups is 1. The zero-order valence-corrected chi connectivity index (χ0v) is 20.2. The Labute approximate surface area is 209 Å². The van der Waals surface area contributed by atoms with Gasteiger partial charge in [-0.2, -0.15) is 0 Å². The van der Waals surface area contributed by atoms with Gasteiger partial charge in [0.25, 0.3) is 5.69 Å². The SMILES string of the molecule is CC(=O)O/N=C(/C(=O)c1ccc(P(c2ccccc2)c2ccc([N+](=O)[O-])cc2)cc1)c1ccccc1. The Bertz CT molecular complexity index is 1400. The van der Waals surface area contributed by atoms with E-state index in [1.165, 1.54) is 19.1 Å². The van der Waals surface area contributed by atoms with Gasteiger partial charge in [0, 0.05) is 30.2 Å². The Hall–Kier alpha value is -4.48. The molecule has 0 saturated carbocycles. The number of benzene rings is 4. The Morgan fingerprint density at radius 2 is 1.22 bits per heavy atom. The largest absolute Gasteiger partial charge is 0.332 e. The summed E-state index contributed by atoms with van der Waals surface area (Å²) in [6.45, 7) is 1.22. The van der Waals surface area contributed by atoms with Crippen LogP contribution < -0.4 is 15.9 Å². The third-order valence-corrected chi connectivity index (χ3v) is 7.69. The Balaban J connectivity index is 1.70. The van der Waals surface area contributed by atoms with E-state index in [1.54, 1.807) is 48.5 Å². The first-order valence-electron chi connectivity index (χ1n) is 11.0. The fraction of sp³-hybridized carbons (Fsp3) is 0.0357. The van der Waals surface area contributed by atoms with Crippen LogP contribution in [0.4, 0.5) is 5.69 Å². The number of Topliss-reactive ketones (excluding diaryl/α,β-unsaturated/α-hetero) is 1. The molecule has 1 unspecified atom stereocenters. The van der Waals surface area contributed by atoms with E-state index < -0.39 is 18.8 Å². The molecule has 0 saturated heterocycles. The van der Waals surface area contributed by atoms with Gasteiger partial charge in [0.15, 0.2) is 5.71 Å². The number of rotatable bonds is 8. The lowest BCUT2D eigenvalue weighted by molar-refractivity contribution is -0.384. The zero-order chi connectivity index (χ0) is 25.5. The molecule has 0 aliphatic rings. The second-order valence-corrected chi connectivity index (χ2v) is 9.93. The second kappa shape index (κ2) is 11.3. The molecule has 4 aromatic rings. The van der Waals surface area contributed by atoms with Crippen molar-refractivity contribution >= 4 is 47.0 Å². The number of oxime groups is 1. The van der Waals surface area contributed by atoms with Crippen molar-refractivity contribution in [2.45, 2.75) is 6.92 Å². The minimum Gasteiger partial charge on any atom is -0.318 e. The molecule has 1 atom stereocenters. The number of carbonyl (C=O) groups is 2. The minimum atomic E-state index is -1.02. The number of hydrogen-bond acceptors (Lipinski definition) is 6. The quantitative estimate of drug-likeness (QED) is 0.0893. The maximum Gasteiger partial charge on any atom is 0.332 e. The monoisotopic (exact) mass is 496 g/mol. The number of nitrogens with zero attached hydrogens (tertiary/aromatic N) is 2. The molecule has 0 aliphatic carbocycles. The normalized spacial score (nSPS) is 12.0. The number of nitro benzene ring substituents is 1. The van der Waals surface area contributed by atoms with Gasteiger partial charge in [-0.15, -0.1) is 0 Å². The van der Waals surface area contributed by atoms with Crippen LogP contribution in [-0.4, -0.2) is 22.4 Å². The van der Waals surface area contributed by atoms with Crippen molar-refractivity contribution in [3.8, 4) is 0 Å². The van der Waals surface area contributed by atoms with Gasteiger partial charge >= 0.3 is 5.97 Å². The third-order valence-electron chi connectivity index (χ3n) is 5.25. The molecule has 0 heterocycles. The van der Waals surface area contributed by atoms with Gasteiger partial charge in [-0.1, -0.05) is 90.1 Å². The molecule has 178 valence electrons. The van der Waals surface area contributed by atoms with Crippen LogP contribution in [0, 0.1) is 10.1 Å². The molecule has 4 rings (SSSR count). The fourth-order valence-corrected chi connectivity index (χ4v) is 5.84. The van der Waals surface area contributed by atoms with Crippen LogP contribution in [0.1, 0.15) is 22.8 Å². The van der Waals surface area contributed by atoms with Gasteiger partial charge in [-0.3, -0.25) is 14.9 Å². The van der Waals surface area contributed by atoms with E-state index in [4.69, 9.17) is 4.84 Å². The lowest BCUT2D eigenvalue weighted by Crippen LogP contribution is -2.22. The molecule has 0 aliphatic heterocycles. The van der Waals surface area contributed by atoms with Gasteiger partial charge in [-0.25, -0.2) is 4.79 Å². The van der Waals surface area contributed by atoms with Crippen LogP contribution in [0.15, 0.2) is 114 Å². The van der Waals surface area contributed by atoms with E-state index in [0.29, 0.717) is 11.1 Å². The first-order chi connectivity index (χ1) is 17.4. The van der Waals surface area contributed by atoms with Crippen LogP contribution in [0.5, 0.6) is 0 Å². The smallest absolute Gasteiger partial charge is 0.318 e. The predicted octanol–water partition coefficient (Wildman–Crippen LogP) is 4.50. The van der Waals surface area contributed by atoms with Crippen molar-refractivity contribution in [2.24, 2.45) is 5.16 Å². The Morgan fingerprint density at radius 1 is 0.722 bits per heavy atom. The summed E-state index contributed by atoms with van der Waals surface area (Å²) in [6, 6.07) is 32.4. The summed E-state index contributed by atoms with van der Waals surface area (Å²) in [7, 11) is -1.02. The zero-order valence-electron chi connectivity index (χ0n) is 19.3. The molecule has 0 radical (unpaired) electrons. The summed E-state index contributed by atoms with van der Waals surface area (Å²) in [5.74, 6) is -1.00. The Morgan fingerprint density at radius 3 is 1.75 bits per heavy atom. The summed E-state index contributed by atoms with van der Waals surface area (Å²) >= 11 is 0. The highest BCUT2D eigenvalue weighted by molar-refractivity contribution is 7.79. The molecule has 0 spiro atoms. The van der Waals surface area contributed by atoms with E-state index in [1.807, 2.05) is 48.5 Å². The number of ketones is 1. The van der Waals surface area contributed by atoms with Crippen LogP contribution in [0.3, 0.4) is 0 Å². The summed E-state index contributed by atoms with van der Waals surface area (Å²) in [5, 5.41) is 17.9. The van der Waals surface area contributed by atoms with Gasteiger partial charge in [-0.05, 0) is 36.0 Å². The van der Waals surface area contributed by atoms with Gasteiger partial charge in [0.1, 0.15) is 0 Å². The van der Waals surface area contributed by atoms with E-state index in [9.17, 15) is 19.7 Å². The first kappa shape index (κ1) is 24.6. The van der Waals surface area contributed by atoms with Gasteiger partial charge in [0.05, 0.1) is 4.92 Å². The molecule has 7 nitrogen and oxygen atoms in total. The molecule has 36 heavy (non-hydrogen) atoms. The van der Waals surface area contributed by atoms with E-state index in [-0.39, 0.29) is 17.2 Å². The molecule has 0 aromatic heterocycles. The van der Waals surface area contributed by atoms with Crippen LogP contribution in [0.25, 0.3) is 0 Å². The molecule has 0 fully saturated rings. The second-order valence-electron chi connectivity index (χ2n) is 7.71. The maximum atomic E-state index is 13.3. The van der Waals surface area contributed by atoms with E-state index in [0.717, 1.165) is 15.9 Å². The summed E-state index contributed by atoms with van der Waals surface area (Å²) in [5.41, 5.74) is 0.980. The highest BCUT2D eigenvalue weighted by atomic mass is 31.1. The van der Waals surface area contributed by atoms with Crippen molar-refractivity contribution in [3.05, 3.63) is 130 Å². The van der Waals surface area contributed by atoms with Crippen molar-refractivity contribution in [1.82, 2.24) is 0 Å². The van der Waals surface area contributed by atoms with Crippen molar-refractivity contribution in [1.29, 1.82) is 0 Å². The first-order valence-corrected chi connectivity index (χ1v) is 12.3. The van der Waals surface area contributed by atoms with E-state index in [2.05, 4.69) is 5.16 Å². The van der Waals surface area contributed by atoms with Crippen molar-refractivity contribution in [2.75, 3.05) is 0 Å². The topological polar surface area (TPSA) is 98.9 Å². The summed E-state index contributed by atoms with van der Waals surface area (Å²) in [6.07, 6.45) is 0. The number of carbonyl (C=O) groups excluding carboxylic acids is 2. The minimum absolute atomic E-state index is 0.0271. The summed E-state index contributed by atoms with van der Waals surface area (Å²) in [4.78, 5) is 40.1. The lowest BCUT2D eigenvalue weighted by Gasteiger charge is -2.19. The Kier molecular flexibility index (Phi) is 7.73. The predicted molar refractivity (Wildman–Crippen MR) is 141 cm³/mol. The molecule has 8 heteroatoms. The molecular weight excluding hydrogens is 475 g/mol. The molecule has 0 bridgehead atoms. The number of hydrogen-bond donors (Lipinski definition) is 0. The standard InChI is InChI=1S/C28H21N2O5P/c1-20(31)35-29-27(21-8-4-2-5-9-21)28(32)22-12-16-25(17-13-22)36(24-10-6-3-7-11-24)26-18-14-23(15-19-26)30(33)34/h2-19H,1H3/b29-27+. The van der Waals surface area contributed by atoms with Crippen LogP contribution in [0.2, 0.25) is 0 Å². The van der Waals surface area contributed by atoms with Crippen molar-refractivity contribution in [3.63, 3.8) is 0 Å². The lowest BCUT2D eigenvalue weighted by atomic mass is 10.0. The molecule has 0 amide bonds. The van der Waals surface area contributed by atoms with Gasteiger partial charge in [0.2, 0.25) is 5.78 Å². The van der Waals surface area contributed by atoms with Crippen molar-refractivity contribution < 1.29 is 19.3 Å². The highest BCUT2D eigenvalue weighted by Gasteiger charge is 2.21. The molecule has 4 aromatic carbocycles. The molecular formula is C28H21N2O5P. The average molecular weight is 496 g/mol. The van der Waals surface area contributed by atoms with Crippen LogP contribution in [-0.2, 0) is 9.63 Å². The summed E-state index contributed by atoms with van der Waals surface area (Å²) < 4.78 is 0. The molecule has 0 N–H and O–H groups in total.